The smallest absolute Gasteiger partial charge is 0.152 e. The summed E-state index contributed by atoms with van der Waals surface area (Å²) in [5.41, 5.74) is 0.504. The number of hydrogen-bond donors (Lipinski definition) is 0. The van der Waals surface area contributed by atoms with Crippen LogP contribution in [0.25, 0.3) is 0 Å². The van der Waals surface area contributed by atoms with E-state index in [-0.39, 0.29) is 5.78 Å². The summed E-state index contributed by atoms with van der Waals surface area (Å²) in [4.78, 5) is 10.9. The van der Waals surface area contributed by atoms with E-state index in [4.69, 9.17) is 0 Å². The van der Waals surface area contributed by atoms with Crippen LogP contribution in [0.1, 0.15) is 46.5 Å². The number of allylic oxidation sites excluding steroid dienone is 2. The third-order valence-corrected chi connectivity index (χ3v) is 4.79. The molecule has 2 saturated carbocycles. The molecule has 2 rings (SSSR count). The van der Waals surface area contributed by atoms with Crippen LogP contribution in [0.15, 0.2) is 12.2 Å². The molecule has 2 bridgehead atoms. The molecule has 0 aromatic carbocycles. The van der Waals surface area contributed by atoms with Crippen LogP contribution in [0.2, 0.25) is 0 Å². The third-order valence-electron chi connectivity index (χ3n) is 4.79. The van der Waals surface area contributed by atoms with Gasteiger partial charge in [0.2, 0.25) is 0 Å². The molecule has 1 heteroatoms. The molecule has 0 spiro atoms. The van der Waals surface area contributed by atoms with Gasteiger partial charge in [0.1, 0.15) is 0 Å². The third kappa shape index (κ3) is 1.89. The van der Waals surface area contributed by atoms with Gasteiger partial charge in [-0.15, -0.1) is 0 Å². The molecule has 15 heavy (non-hydrogen) atoms. The summed E-state index contributed by atoms with van der Waals surface area (Å²) in [6.07, 6.45) is 9.23. The van der Waals surface area contributed by atoms with Gasteiger partial charge in [0.05, 0.1) is 0 Å². The molecule has 0 N–H and O–H groups in total. The van der Waals surface area contributed by atoms with E-state index in [0.717, 1.165) is 24.2 Å². The minimum atomic E-state index is 0.177. The molecule has 0 radical (unpaired) electrons. The SMILES string of the molecule is CC(=O)/C=C/C[C@H]1[C@H]2CC[C@@H](C2)C1(C)C. The van der Waals surface area contributed by atoms with Gasteiger partial charge in [-0.1, -0.05) is 19.9 Å². The van der Waals surface area contributed by atoms with Gasteiger partial charge >= 0.3 is 0 Å². The Morgan fingerprint density at radius 2 is 2.13 bits per heavy atom. The van der Waals surface area contributed by atoms with Crippen molar-refractivity contribution in [3.63, 3.8) is 0 Å². The van der Waals surface area contributed by atoms with Crippen molar-refractivity contribution in [2.24, 2.45) is 23.2 Å². The van der Waals surface area contributed by atoms with E-state index in [2.05, 4.69) is 19.9 Å². The lowest BCUT2D eigenvalue weighted by molar-refractivity contribution is -0.112. The van der Waals surface area contributed by atoms with Crippen LogP contribution in [0.5, 0.6) is 0 Å². The molecule has 3 atom stereocenters. The van der Waals surface area contributed by atoms with Gasteiger partial charge < -0.3 is 0 Å². The van der Waals surface area contributed by atoms with Crippen LogP contribution in [0, 0.1) is 23.2 Å². The predicted octanol–water partition coefficient (Wildman–Crippen LogP) is 3.59. The maximum absolute atomic E-state index is 10.9. The highest BCUT2D eigenvalue weighted by molar-refractivity contribution is 5.87. The molecule has 2 aliphatic rings. The normalized spacial score (nSPS) is 37.7. The fourth-order valence-corrected chi connectivity index (χ4v) is 3.84. The molecule has 0 saturated heterocycles. The molecular formula is C14H22O. The first kappa shape index (κ1) is 10.9. The Morgan fingerprint density at radius 1 is 1.40 bits per heavy atom. The van der Waals surface area contributed by atoms with Crippen LogP contribution in [-0.4, -0.2) is 5.78 Å². The van der Waals surface area contributed by atoms with Crippen molar-refractivity contribution in [3.8, 4) is 0 Å². The van der Waals surface area contributed by atoms with Gasteiger partial charge in [-0.25, -0.2) is 0 Å². The number of carbonyl (C=O) groups is 1. The highest BCUT2D eigenvalue weighted by Gasteiger charge is 2.51. The second kappa shape index (κ2) is 3.77. The predicted molar refractivity (Wildman–Crippen MR) is 62.5 cm³/mol. The minimum absolute atomic E-state index is 0.177. The zero-order chi connectivity index (χ0) is 11.1. The standard InChI is InChI=1S/C14H22O/c1-10(15)5-4-6-13-11-7-8-12(9-11)14(13,2)3/h4-5,11-13H,6-9H2,1-3H3/b5-4+/t11-,12-,13-/m0/s1. The lowest BCUT2D eigenvalue weighted by Gasteiger charge is -2.37. The van der Waals surface area contributed by atoms with Crippen LogP contribution >= 0.6 is 0 Å². The van der Waals surface area contributed by atoms with Crippen molar-refractivity contribution in [1.82, 2.24) is 0 Å². The largest absolute Gasteiger partial charge is 0.295 e. The molecule has 0 unspecified atom stereocenters. The van der Waals surface area contributed by atoms with E-state index in [1.165, 1.54) is 19.3 Å². The second-order valence-corrected chi connectivity index (χ2v) is 5.95. The summed E-state index contributed by atoms with van der Waals surface area (Å²) >= 11 is 0. The van der Waals surface area contributed by atoms with Crippen molar-refractivity contribution in [3.05, 3.63) is 12.2 Å². The summed E-state index contributed by atoms with van der Waals surface area (Å²) in [5.74, 6) is 2.86. The molecule has 2 aliphatic carbocycles. The van der Waals surface area contributed by atoms with Crippen molar-refractivity contribution in [2.75, 3.05) is 0 Å². The molecule has 2 fully saturated rings. The summed E-state index contributed by atoms with van der Waals surface area (Å²) in [6, 6.07) is 0. The van der Waals surface area contributed by atoms with E-state index in [1.54, 1.807) is 13.0 Å². The van der Waals surface area contributed by atoms with E-state index >= 15 is 0 Å². The summed E-state index contributed by atoms with van der Waals surface area (Å²) in [6.45, 7) is 6.47. The Labute approximate surface area is 92.9 Å². The Kier molecular flexibility index (Phi) is 2.74. The van der Waals surface area contributed by atoms with Gasteiger partial charge in [-0.2, -0.15) is 0 Å². The van der Waals surface area contributed by atoms with E-state index in [0.29, 0.717) is 5.41 Å². The van der Waals surface area contributed by atoms with Crippen LogP contribution in [-0.2, 0) is 4.79 Å². The quantitative estimate of drug-likeness (QED) is 0.645. The highest BCUT2D eigenvalue weighted by atomic mass is 16.1. The maximum Gasteiger partial charge on any atom is 0.152 e. The molecule has 84 valence electrons. The fraction of sp³-hybridized carbons (Fsp3) is 0.786. The van der Waals surface area contributed by atoms with Gasteiger partial charge in [0, 0.05) is 0 Å². The maximum atomic E-state index is 10.9. The first-order valence-electron chi connectivity index (χ1n) is 6.19. The Balaban J connectivity index is 2.00. The molecule has 0 amide bonds. The Hall–Kier alpha value is -0.590. The van der Waals surface area contributed by atoms with Crippen molar-refractivity contribution >= 4 is 5.78 Å². The average Bonchev–Trinajstić information content (AvgIpc) is 2.66. The summed E-state index contributed by atoms with van der Waals surface area (Å²) in [7, 11) is 0. The molecule has 0 heterocycles. The first-order chi connectivity index (χ1) is 7.01. The van der Waals surface area contributed by atoms with Gasteiger partial charge in [-0.05, 0) is 61.9 Å². The Morgan fingerprint density at radius 3 is 2.67 bits per heavy atom. The molecule has 0 aromatic rings. The van der Waals surface area contributed by atoms with Crippen LogP contribution in [0.3, 0.4) is 0 Å². The number of hydrogen-bond acceptors (Lipinski definition) is 1. The highest BCUT2D eigenvalue weighted by Crippen LogP contribution is 2.60. The lowest BCUT2D eigenvalue weighted by Crippen LogP contribution is -2.30. The number of rotatable bonds is 3. The topological polar surface area (TPSA) is 17.1 Å². The molecular weight excluding hydrogens is 184 g/mol. The zero-order valence-electron chi connectivity index (χ0n) is 10.1. The minimum Gasteiger partial charge on any atom is -0.295 e. The molecule has 0 aromatic heterocycles. The monoisotopic (exact) mass is 206 g/mol. The summed E-state index contributed by atoms with van der Waals surface area (Å²) < 4.78 is 0. The van der Waals surface area contributed by atoms with Crippen LogP contribution in [0.4, 0.5) is 0 Å². The number of fused-ring (bicyclic) bond motifs is 2. The van der Waals surface area contributed by atoms with Gasteiger partial charge in [0.15, 0.2) is 5.78 Å². The van der Waals surface area contributed by atoms with E-state index < -0.39 is 0 Å². The second-order valence-electron chi connectivity index (χ2n) is 5.95. The van der Waals surface area contributed by atoms with Crippen molar-refractivity contribution < 1.29 is 4.79 Å². The van der Waals surface area contributed by atoms with Crippen molar-refractivity contribution in [2.45, 2.75) is 46.5 Å². The van der Waals surface area contributed by atoms with E-state index in [1.807, 2.05) is 0 Å². The first-order valence-corrected chi connectivity index (χ1v) is 6.19. The average molecular weight is 206 g/mol. The number of ketones is 1. The Bertz CT molecular complexity index is 288. The van der Waals surface area contributed by atoms with Crippen LogP contribution < -0.4 is 0 Å². The summed E-state index contributed by atoms with van der Waals surface area (Å²) in [5, 5.41) is 0. The lowest BCUT2D eigenvalue weighted by atomic mass is 9.67. The fourth-order valence-electron chi connectivity index (χ4n) is 3.84. The molecule has 1 nitrogen and oxygen atoms in total. The van der Waals surface area contributed by atoms with Crippen molar-refractivity contribution in [1.29, 1.82) is 0 Å². The van der Waals surface area contributed by atoms with Gasteiger partial charge in [-0.3, -0.25) is 4.79 Å². The van der Waals surface area contributed by atoms with Gasteiger partial charge in [0.25, 0.3) is 0 Å². The zero-order valence-corrected chi connectivity index (χ0v) is 10.1. The van der Waals surface area contributed by atoms with E-state index in [9.17, 15) is 4.79 Å². The molecule has 0 aliphatic heterocycles. The number of carbonyl (C=O) groups excluding carboxylic acids is 1.